The summed E-state index contributed by atoms with van der Waals surface area (Å²) in [5.74, 6) is -0.133. The van der Waals surface area contributed by atoms with Crippen molar-refractivity contribution in [3.8, 4) is 0 Å². The van der Waals surface area contributed by atoms with Crippen molar-refractivity contribution < 1.29 is 13.9 Å². The average Bonchev–Trinajstić information content (AvgIpc) is 2.36. The van der Waals surface area contributed by atoms with Gasteiger partial charge in [0, 0.05) is 0 Å². The van der Waals surface area contributed by atoms with Crippen LogP contribution in [0.25, 0.3) is 0 Å². The minimum atomic E-state index is -0.564. The summed E-state index contributed by atoms with van der Waals surface area (Å²) in [6.07, 6.45) is 1.18. The van der Waals surface area contributed by atoms with E-state index in [2.05, 4.69) is 9.72 Å². The van der Waals surface area contributed by atoms with Crippen LogP contribution in [0.1, 0.15) is 16.2 Å². The third kappa shape index (κ3) is 1.71. The van der Waals surface area contributed by atoms with Gasteiger partial charge in [-0.3, -0.25) is 0 Å². The number of rotatable bonds is 2. The zero-order valence-electron chi connectivity index (χ0n) is 5.83. The summed E-state index contributed by atoms with van der Waals surface area (Å²) in [4.78, 5) is 14.5. The minimum absolute atomic E-state index is 0.172. The number of hydrogen-bond donors (Lipinski definition) is 0. The molecule has 0 aromatic carbocycles. The molecule has 1 rings (SSSR count). The van der Waals surface area contributed by atoms with Crippen LogP contribution < -0.4 is 0 Å². The van der Waals surface area contributed by atoms with Crippen LogP contribution in [0.5, 0.6) is 0 Å². The molecule has 60 valence electrons. The van der Waals surface area contributed by atoms with Gasteiger partial charge in [0.2, 0.25) is 0 Å². The van der Waals surface area contributed by atoms with Gasteiger partial charge in [-0.05, 0) is 6.92 Å². The van der Waals surface area contributed by atoms with Crippen LogP contribution in [0.3, 0.4) is 0 Å². The summed E-state index contributed by atoms with van der Waals surface area (Å²) in [7, 11) is 0. The average molecular weight is 176 g/mol. The van der Waals surface area contributed by atoms with Crippen LogP contribution in [0.2, 0.25) is 0 Å². The molecule has 4 nitrogen and oxygen atoms in total. The highest BCUT2D eigenvalue weighted by molar-refractivity contribution is 6.17. The molecule has 0 radical (unpaired) electrons. The Labute approximate surface area is 68.1 Å². The van der Waals surface area contributed by atoms with Gasteiger partial charge in [-0.1, -0.05) is 11.6 Å². The lowest BCUT2D eigenvalue weighted by molar-refractivity contribution is 0.0566. The SMILES string of the molecule is Cc1ocnc1C(=O)OCCl. The van der Waals surface area contributed by atoms with Gasteiger partial charge in [-0.25, -0.2) is 9.78 Å². The van der Waals surface area contributed by atoms with Crippen LogP contribution in [0, 0.1) is 6.92 Å². The van der Waals surface area contributed by atoms with E-state index in [0.717, 1.165) is 0 Å². The number of hydrogen-bond acceptors (Lipinski definition) is 4. The molecular formula is C6H6ClNO3. The highest BCUT2D eigenvalue weighted by atomic mass is 35.5. The first-order valence-corrected chi connectivity index (χ1v) is 3.42. The predicted octanol–water partition coefficient (Wildman–Crippen LogP) is 1.34. The Hall–Kier alpha value is -1.03. The van der Waals surface area contributed by atoms with Crippen LogP contribution in [0.4, 0.5) is 0 Å². The molecule has 1 aromatic heterocycles. The fourth-order valence-electron chi connectivity index (χ4n) is 0.619. The largest absolute Gasteiger partial charge is 0.448 e. The van der Waals surface area contributed by atoms with Crippen molar-refractivity contribution >= 4 is 17.6 Å². The van der Waals surface area contributed by atoms with Gasteiger partial charge in [0.05, 0.1) is 0 Å². The van der Waals surface area contributed by atoms with Crippen LogP contribution in [-0.4, -0.2) is 17.0 Å². The summed E-state index contributed by atoms with van der Waals surface area (Å²) >= 11 is 5.16. The van der Waals surface area contributed by atoms with Crippen molar-refractivity contribution in [2.24, 2.45) is 0 Å². The second-order valence-corrected chi connectivity index (χ2v) is 2.02. The van der Waals surface area contributed by atoms with Crippen LogP contribution in [-0.2, 0) is 4.74 Å². The number of esters is 1. The van der Waals surface area contributed by atoms with Crippen molar-refractivity contribution in [2.75, 3.05) is 6.07 Å². The zero-order chi connectivity index (χ0) is 8.27. The zero-order valence-corrected chi connectivity index (χ0v) is 6.59. The van der Waals surface area contributed by atoms with Gasteiger partial charge in [0.15, 0.2) is 18.2 Å². The molecule has 11 heavy (non-hydrogen) atoms. The number of ether oxygens (including phenoxy) is 1. The number of alkyl halides is 1. The van der Waals surface area contributed by atoms with Crippen LogP contribution in [0.15, 0.2) is 10.8 Å². The lowest BCUT2D eigenvalue weighted by atomic mass is 10.4. The van der Waals surface area contributed by atoms with E-state index in [1.54, 1.807) is 6.92 Å². The maximum atomic E-state index is 10.9. The number of halogens is 1. The van der Waals surface area contributed by atoms with E-state index in [-0.39, 0.29) is 11.8 Å². The lowest BCUT2D eigenvalue weighted by Gasteiger charge is -1.95. The Morgan fingerprint density at radius 3 is 3.09 bits per heavy atom. The maximum Gasteiger partial charge on any atom is 0.361 e. The molecule has 1 aromatic rings. The molecule has 0 aliphatic rings. The van der Waals surface area contributed by atoms with Crippen molar-refractivity contribution in [3.63, 3.8) is 0 Å². The molecule has 0 saturated heterocycles. The summed E-state index contributed by atoms with van der Waals surface area (Å²) in [6, 6.07) is -0.175. The van der Waals surface area contributed by atoms with Crippen molar-refractivity contribution in [3.05, 3.63) is 17.8 Å². The van der Waals surface area contributed by atoms with Crippen molar-refractivity contribution in [1.29, 1.82) is 0 Å². The predicted molar refractivity (Wildman–Crippen MR) is 37.4 cm³/mol. The molecular weight excluding hydrogens is 170 g/mol. The normalized spacial score (nSPS) is 9.64. The third-order valence-corrected chi connectivity index (χ3v) is 1.23. The first-order valence-electron chi connectivity index (χ1n) is 2.89. The molecule has 0 aliphatic heterocycles. The molecule has 0 fully saturated rings. The molecule has 0 N–H and O–H groups in total. The van der Waals surface area contributed by atoms with E-state index in [1.807, 2.05) is 0 Å². The lowest BCUT2D eigenvalue weighted by Crippen LogP contribution is -2.05. The van der Waals surface area contributed by atoms with E-state index in [4.69, 9.17) is 16.0 Å². The Morgan fingerprint density at radius 1 is 1.91 bits per heavy atom. The summed E-state index contributed by atoms with van der Waals surface area (Å²) in [5.41, 5.74) is 0.172. The van der Waals surface area contributed by atoms with E-state index < -0.39 is 5.97 Å². The molecule has 0 unspecified atom stereocenters. The first-order chi connectivity index (χ1) is 5.25. The van der Waals surface area contributed by atoms with Gasteiger partial charge in [-0.15, -0.1) is 0 Å². The van der Waals surface area contributed by atoms with E-state index in [0.29, 0.717) is 5.76 Å². The van der Waals surface area contributed by atoms with Gasteiger partial charge in [0.25, 0.3) is 0 Å². The topological polar surface area (TPSA) is 52.3 Å². The molecule has 5 heteroatoms. The Morgan fingerprint density at radius 2 is 2.64 bits per heavy atom. The number of nitrogens with zero attached hydrogens (tertiary/aromatic N) is 1. The molecule has 0 saturated carbocycles. The number of aromatic nitrogens is 1. The number of aryl methyl sites for hydroxylation is 1. The summed E-state index contributed by atoms with van der Waals surface area (Å²) in [6.45, 7) is 1.62. The standard InChI is InChI=1S/C6H6ClNO3/c1-4-5(8-3-11-4)6(9)10-2-7/h3H,2H2,1H3. The Balaban J connectivity index is 2.76. The second kappa shape index (κ2) is 3.39. The fraction of sp³-hybridized carbons (Fsp3) is 0.333. The quantitative estimate of drug-likeness (QED) is 0.503. The van der Waals surface area contributed by atoms with Crippen molar-refractivity contribution in [1.82, 2.24) is 4.98 Å². The van der Waals surface area contributed by atoms with Gasteiger partial charge in [0.1, 0.15) is 5.76 Å². The Bertz CT molecular complexity index is 258. The molecule has 0 aliphatic carbocycles. The van der Waals surface area contributed by atoms with Gasteiger partial charge in [-0.2, -0.15) is 0 Å². The molecule has 0 atom stereocenters. The third-order valence-electron chi connectivity index (χ3n) is 1.12. The highest BCUT2D eigenvalue weighted by Gasteiger charge is 2.13. The molecule has 0 spiro atoms. The first kappa shape index (κ1) is 8.07. The monoisotopic (exact) mass is 175 g/mol. The smallest absolute Gasteiger partial charge is 0.361 e. The highest BCUT2D eigenvalue weighted by Crippen LogP contribution is 2.05. The van der Waals surface area contributed by atoms with E-state index in [1.165, 1.54) is 6.39 Å². The fourth-order valence-corrected chi connectivity index (χ4v) is 0.718. The summed E-state index contributed by atoms with van der Waals surface area (Å²) in [5, 5.41) is 0. The Kier molecular flexibility index (Phi) is 2.48. The number of carbonyl (C=O) groups is 1. The van der Waals surface area contributed by atoms with E-state index in [9.17, 15) is 4.79 Å². The second-order valence-electron chi connectivity index (χ2n) is 1.80. The minimum Gasteiger partial charge on any atom is -0.448 e. The maximum absolute atomic E-state index is 10.9. The molecule has 1 heterocycles. The molecule has 0 bridgehead atoms. The molecule has 0 amide bonds. The number of oxazole rings is 1. The van der Waals surface area contributed by atoms with Crippen molar-refractivity contribution in [2.45, 2.75) is 6.92 Å². The number of carbonyl (C=O) groups excluding carboxylic acids is 1. The summed E-state index contributed by atoms with van der Waals surface area (Å²) < 4.78 is 9.25. The van der Waals surface area contributed by atoms with Gasteiger partial charge >= 0.3 is 5.97 Å². The van der Waals surface area contributed by atoms with Crippen LogP contribution >= 0.6 is 11.6 Å². The van der Waals surface area contributed by atoms with E-state index >= 15 is 0 Å². The van der Waals surface area contributed by atoms with Gasteiger partial charge < -0.3 is 9.15 Å².